The molecule has 0 fully saturated rings. The van der Waals surface area contributed by atoms with Crippen molar-refractivity contribution < 1.29 is 13.9 Å². The van der Waals surface area contributed by atoms with Crippen molar-refractivity contribution in [3.8, 4) is 17.4 Å². The number of carbonyl (C=O) groups excluding carboxylic acids is 1. The lowest BCUT2D eigenvalue weighted by Crippen LogP contribution is -2.19. The average Bonchev–Trinajstić information content (AvgIpc) is 3.27. The number of carbonyl (C=O) groups is 1. The first-order valence-corrected chi connectivity index (χ1v) is 9.06. The van der Waals surface area contributed by atoms with Gasteiger partial charge in [0.25, 0.3) is 0 Å². The molecule has 4 aromatic rings. The summed E-state index contributed by atoms with van der Waals surface area (Å²) in [5, 5.41) is 5.17. The van der Waals surface area contributed by atoms with Gasteiger partial charge >= 0.3 is 6.03 Å². The molecular weight excluding hydrogens is 411 g/mol. The highest BCUT2D eigenvalue weighted by Crippen LogP contribution is 2.23. The fraction of sp³-hybridized carbons (Fsp3) is 0. The maximum absolute atomic E-state index is 13.2. The van der Waals surface area contributed by atoms with Gasteiger partial charge in [0.2, 0.25) is 5.88 Å². The van der Waals surface area contributed by atoms with Gasteiger partial charge in [0, 0.05) is 29.8 Å². The number of anilines is 2. The Balaban J connectivity index is 1.37. The van der Waals surface area contributed by atoms with Crippen LogP contribution in [0.3, 0.4) is 0 Å². The Morgan fingerprint density at radius 3 is 2.53 bits per heavy atom. The molecule has 0 atom stereocenters. The first-order valence-electron chi connectivity index (χ1n) is 8.68. The Hall–Kier alpha value is -3.98. The second kappa shape index (κ2) is 8.58. The molecule has 2 amide bonds. The number of urea groups is 1. The number of amides is 2. The molecule has 2 heterocycles. The molecule has 0 bridgehead atoms. The van der Waals surface area contributed by atoms with Gasteiger partial charge in [-0.25, -0.2) is 24.1 Å². The van der Waals surface area contributed by atoms with Crippen molar-refractivity contribution >= 4 is 29.0 Å². The van der Waals surface area contributed by atoms with E-state index in [9.17, 15) is 9.18 Å². The summed E-state index contributed by atoms with van der Waals surface area (Å²) in [6.07, 6.45) is 6.43. The summed E-state index contributed by atoms with van der Waals surface area (Å²) in [7, 11) is 0. The van der Waals surface area contributed by atoms with Gasteiger partial charge in [-0.05, 0) is 42.5 Å². The lowest BCUT2D eigenvalue weighted by molar-refractivity contribution is 0.262. The van der Waals surface area contributed by atoms with Gasteiger partial charge < -0.3 is 15.4 Å². The molecule has 0 aliphatic heterocycles. The lowest BCUT2D eigenvalue weighted by Gasteiger charge is -2.10. The standard InChI is InChI=1S/C20H14ClFN6O2/c21-16-9-14(3-6-17(16)22)27-20(29)26-13-1-4-15(5-2-13)30-19-10-18(24-11-25-19)28-8-7-23-12-28/h1-12H,(H2,26,27,29). The smallest absolute Gasteiger partial charge is 0.323 e. The number of nitrogens with one attached hydrogen (secondary N) is 2. The van der Waals surface area contributed by atoms with E-state index in [1.807, 2.05) is 0 Å². The summed E-state index contributed by atoms with van der Waals surface area (Å²) in [6.45, 7) is 0. The molecule has 0 unspecified atom stereocenters. The van der Waals surface area contributed by atoms with Crippen LogP contribution in [-0.4, -0.2) is 25.6 Å². The van der Waals surface area contributed by atoms with Crippen LogP contribution < -0.4 is 15.4 Å². The van der Waals surface area contributed by atoms with Gasteiger partial charge in [-0.3, -0.25) is 4.57 Å². The van der Waals surface area contributed by atoms with E-state index in [1.165, 1.54) is 24.5 Å². The molecule has 2 N–H and O–H groups in total. The minimum absolute atomic E-state index is 0.0739. The van der Waals surface area contributed by atoms with E-state index < -0.39 is 11.8 Å². The van der Waals surface area contributed by atoms with Crippen LogP contribution in [0.1, 0.15) is 0 Å². The van der Waals surface area contributed by atoms with Crippen LogP contribution in [0.2, 0.25) is 5.02 Å². The van der Waals surface area contributed by atoms with E-state index in [2.05, 4.69) is 25.6 Å². The molecule has 2 aromatic carbocycles. The normalized spacial score (nSPS) is 10.5. The molecule has 0 aliphatic carbocycles. The second-order valence-corrected chi connectivity index (χ2v) is 6.43. The van der Waals surface area contributed by atoms with E-state index >= 15 is 0 Å². The topological polar surface area (TPSA) is 94.0 Å². The van der Waals surface area contributed by atoms with Crippen LogP contribution in [0.5, 0.6) is 11.6 Å². The number of rotatable bonds is 5. The third-order valence-corrected chi connectivity index (χ3v) is 4.20. The number of ether oxygens (including phenoxy) is 1. The maximum atomic E-state index is 13.2. The summed E-state index contributed by atoms with van der Waals surface area (Å²) in [6, 6.07) is 11.8. The zero-order valence-corrected chi connectivity index (χ0v) is 16.0. The van der Waals surface area contributed by atoms with Crippen molar-refractivity contribution in [3.05, 3.63) is 84.4 Å². The summed E-state index contributed by atoms with van der Waals surface area (Å²) in [5.74, 6) is 0.953. The largest absolute Gasteiger partial charge is 0.439 e. The van der Waals surface area contributed by atoms with Crippen LogP contribution in [0.4, 0.5) is 20.6 Å². The predicted octanol–water partition coefficient (Wildman–Crippen LogP) is 4.89. The van der Waals surface area contributed by atoms with Crippen molar-refractivity contribution in [1.29, 1.82) is 0 Å². The van der Waals surface area contributed by atoms with Crippen molar-refractivity contribution in [2.45, 2.75) is 0 Å². The van der Waals surface area contributed by atoms with E-state index in [0.29, 0.717) is 28.8 Å². The van der Waals surface area contributed by atoms with Crippen LogP contribution in [0.25, 0.3) is 5.82 Å². The molecular formula is C20H14ClFN6O2. The van der Waals surface area contributed by atoms with Crippen LogP contribution >= 0.6 is 11.6 Å². The molecule has 4 rings (SSSR count). The monoisotopic (exact) mass is 424 g/mol. The van der Waals surface area contributed by atoms with Gasteiger partial charge in [0.1, 0.15) is 30.0 Å². The fourth-order valence-electron chi connectivity index (χ4n) is 2.52. The number of halogens is 2. The Morgan fingerprint density at radius 2 is 1.80 bits per heavy atom. The summed E-state index contributed by atoms with van der Waals surface area (Å²) >= 11 is 5.71. The summed E-state index contributed by atoms with van der Waals surface area (Å²) < 4.78 is 20.7. The van der Waals surface area contributed by atoms with E-state index in [0.717, 1.165) is 0 Å². The van der Waals surface area contributed by atoms with Crippen LogP contribution in [0.15, 0.2) is 73.6 Å². The van der Waals surface area contributed by atoms with Gasteiger partial charge in [-0.1, -0.05) is 11.6 Å². The molecule has 8 nitrogen and oxygen atoms in total. The first kappa shape index (κ1) is 19.3. The Bertz CT molecular complexity index is 1170. The minimum atomic E-state index is -0.556. The van der Waals surface area contributed by atoms with Crippen molar-refractivity contribution in [1.82, 2.24) is 19.5 Å². The fourth-order valence-corrected chi connectivity index (χ4v) is 2.70. The van der Waals surface area contributed by atoms with Gasteiger partial charge in [-0.15, -0.1) is 0 Å². The quantitative estimate of drug-likeness (QED) is 0.475. The highest BCUT2D eigenvalue weighted by atomic mass is 35.5. The van der Waals surface area contributed by atoms with Gasteiger partial charge in [0.05, 0.1) is 5.02 Å². The predicted molar refractivity (Wildman–Crippen MR) is 110 cm³/mol. The molecule has 0 saturated heterocycles. The average molecular weight is 425 g/mol. The Morgan fingerprint density at radius 1 is 1.03 bits per heavy atom. The van der Waals surface area contributed by atoms with Crippen molar-refractivity contribution in [2.75, 3.05) is 10.6 Å². The molecule has 150 valence electrons. The minimum Gasteiger partial charge on any atom is -0.439 e. The summed E-state index contributed by atoms with van der Waals surface area (Å²) in [5.41, 5.74) is 0.908. The number of aromatic nitrogens is 4. The number of imidazole rings is 1. The molecule has 0 spiro atoms. The third kappa shape index (κ3) is 4.70. The van der Waals surface area contributed by atoms with E-state index in [1.54, 1.807) is 53.6 Å². The maximum Gasteiger partial charge on any atom is 0.323 e. The number of benzene rings is 2. The first-order chi connectivity index (χ1) is 14.6. The molecule has 0 aliphatic rings. The summed E-state index contributed by atoms with van der Waals surface area (Å²) in [4.78, 5) is 24.3. The van der Waals surface area contributed by atoms with Gasteiger partial charge in [0.15, 0.2) is 0 Å². The lowest BCUT2D eigenvalue weighted by atomic mass is 10.3. The Labute approximate surface area is 175 Å². The number of hydrogen-bond donors (Lipinski definition) is 2. The molecule has 30 heavy (non-hydrogen) atoms. The van der Waals surface area contributed by atoms with Crippen molar-refractivity contribution in [2.24, 2.45) is 0 Å². The number of nitrogens with zero attached hydrogens (tertiary/aromatic N) is 4. The van der Waals surface area contributed by atoms with E-state index in [-0.39, 0.29) is 5.02 Å². The molecule has 0 radical (unpaired) electrons. The highest BCUT2D eigenvalue weighted by Gasteiger charge is 2.07. The zero-order valence-electron chi connectivity index (χ0n) is 15.3. The molecule has 10 heteroatoms. The third-order valence-electron chi connectivity index (χ3n) is 3.91. The zero-order chi connectivity index (χ0) is 20.9. The Kier molecular flexibility index (Phi) is 5.53. The van der Waals surface area contributed by atoms with Gasteiger partial charge in [-0.2, -0.15) is 0 Å². The molecule has 0 saturated carbocycles. The number of hydrogen-bond acceptors (Lipinski definition) is 5. The SMILES string of the molecule is O=C(Nc1ccc(Oc2cc(-n3ccnc3)ncn2)cc1)Nc1ccc(F)c(Cl)c1. The van der Waals surface area contributed by atoms with E-state index in [4.69, 9.17) is 16.3 Å². The van der Waals surface area contributed by atoms with Crippen LogP contribution in [0, 0.1) is 5.82 Å². The highest BCUT2D eigenvalue weighted by molar-refractivity contribution is 6.31. The van der Waals surface area contributed by atoms with Crippen LogP contribution in [-0.2, 0) is 0 Å². The second-order valence-electron chi connectivity index (χ2n) is 6.02. The van der Waals surface area contributed by atoms with Crippen molar-refractivity contribution in [3.63, 3.8) is 0 Å². The molecule has 2 aromatic heterocycles.